The van der Waals surface area contributed by atoms with Crippen LogP contribution in [0.4, 0.5) is 0 Å². The van der Waals surface area contributed by atoms with Gasteiger partial charge in [-0.3, -0.25) is 4.79 Å². The summed E-state index contributed by atoms with van der Waals surface area (Å²) in [5, 5.41) is 6.38. The molecule has 1 heterocycles. The fourth-order valence-corrected chi connectivity index (χ4v) is 1.80. The van der Waals surface area contributed by atoms with E-state index >= 15 is 0 Å². The first-order chi connectivity index (χ1) is 8.19. The summed E-state index contributed by atoms with van der Waals surface area (Å²) in [6, 6.07) is 10.2. The van der Waals surface area contributed by atoms with Gasteiger partial charge in [-0.05, 0) is 30.5 Å². The van der Waals surface area contributed by atoms with E-state index in [0.29, 0.717) is 6.42 Å². The zero-order valence-electron chi connectivity index (χ0n) is 10.2. The van der Waals surface area contributed by atoms with Crippen molar-refractivity contribution in [3.8, 4) is 0 Å². The number of benzene rings is 1. The summed E-state index contributed by atoms with van der Waals surface area (Å²) in [7, 11) is 0. The van der Waals surface area contributed by atoms with Gasteiger partial charge in [-0.1, -0.05) is 31.2 Å². The smallest absolute Gasteiger partial charge is 0.267 e. The van der Waals surface area contributed by atoms with Gasteiger partial charge < -0.3 is 0 Å². The Morgan fingerprint density at radius 3 is 2.47 bits per heavy atom. The highest BCUT2D eigenvalue weighted by Crippen LogP contribution is 2.09. The molecular weight excluding hydrogens is 212 g/mol. The van der Waals surface area contributed by atoms with Gasteiger partial charge in [0.2, 0.25) is 0 Å². The Bertz CT molecular complexity index is 555. The predicted molar refractivity (Wildman–Crippen MR) is 68.2 cm³/mol. The van der Waals surface area contributed by atoms with E-state index < -0.39 is 0 Å². The Balaban J connectivity index is 2.25. The Kier molecular flexibility index (Phi) is 3.38. The molecule has 0 atom stereocenters. The van der Waals surface area contributed by atoms with Crippen molar-refractivity contribution in [3.63, 3.8) is 0 Å². The van der Waals surface area contributed by atoms with Crippen LogP contribution in [0.15, 0.2) is 35.1 Å². The largest absolute Gasteiger partial charge is 0.268 e. The molecule has 0 aliphatic carbocycles. The summed E-state index contributed by atoms with van der Waals surface area (Å²) in [5.74, 6) is 0. The van der Waals surface area contributed by atoms with Gasteiger partial charge in [-0.2, -0.15) is 5.10 Å². The zero-order chi connectivity index (χ0) is 12.3. The molecule has 88 valence electrons. The summed E-state index contributed by atoms with van der Waals surface area (Å²) >= 11 is 0. The molecule has 0 aliphatic heterocycles. The maximum atomic E-state index is 11.6. The molecule has 0 unspecified atom stereocenters. The molecule has 0 bridgehead atoms. The van der Waals surface area contributed by atoms with E-state index in [-0.39, 0.29) is 5.56 Å². The van der Waals surface area contributed by atoms with Gasteiger partial charge in [0, 0.05) is 12.0 Å². The second kappa shape index (κ2) is 4.95. The van der Waals surface area contributed by atoms with E-state index in [4.69, 9.17) is 0 Å². The SMILES string of the molecule is CCc1ccc(Cc2cc(C)n[nH]c2=O)cc1. The fraction of sp³-hybridized carbons (Fsp3) is 0.286. The third-order valence-electron chi connectivity index (χ3n) is 2.83. The average molecular weight is 228 g/mol. The Morgan fingerprint density at radius 1 is 1.18 bits per heavy atom. The first kappa shape index (κ1) is 11.6. The quantitative estimate of drug-likeness (QED) is 0.875. The number of hydrogen-bond donors (Lipinski definition) is 1. The summed E-state index contributed by atoms with van der Waals surface area (Å²) < 4.78 is 0. The lowest BCUT2D eigenvalue weighted by molar-refractivity contribution is 0.913. The zero-order valence-corrected chi connectivity index (χ0v) is 10.2. The molecule has 0 aliphatic rings. The maximum Gasteiger partial charge on any atom is 0.267 e. The van der Waals surface area contributed by atoms with Crippen LogP contribution in [0.2, 0.25) is 0 Å². The molecule has 0 fully saturated rings. The fourth-order valence-electron chi connectivity index (χ4n) is 1.80. The topological polar surface area (TPSA) is 45.8 Å². The van der Waals surface area contributed by atoms with Crippen molar-refractivity contribution in [2.75, 3.05) is 0 Å². The normalized spacial score (nSPS) is 10.5. The molecule has 1 N–H and O–H groups in total. The van der Waals surface area contributed by atoms with E-state index in [1.807, 2.05) is 13.0 Å². The van der Waals surface area contributed by atoms with E-state index in [0.717, 1.165) is 23.2 Å². The van der Waals surface area contributed by atoms with Gasteiger partial charge in [-0.25, -0.2) is 5.10 Å². The molecule has 0 amide bonds. The van der Waals surface area contributed by atoms with Crippen molar-refractivity contribution < 1.29 is 0 Å². The van der Waals surface area contributed by atoms with Crippen molar-refractivity contribution >= 4 is 0 Å². The van der Waals surface area contributed by atoms with E-state index in [1.165, 1.54) is 5.56 Å². The molecule has 2 aromatic rings. The monoisotopic (exact) mass is 228 g/mol. The highest BCUT2D eigenvalue weighted by atomic mass is 16.1. The number of aromatic nitrogens is 2. The molecule has 1 aromatic heterocycles. The molecule has 0 saturated heterocycles. The molecule has 17 heavy (non-hydrogen) atoms. The van der Waals surface area contributed by atoms with Crippen molar-refractivity contribution in [2.45, 2.75) is 26.7 Å². The molecule has 0 spiro atoms. The van der Waals surface area contributed by atoms with E-state index in [2.05, 4.69) is 41.4 Å². The van der Waals surface area contributed by atoms with Crippen molar-refractivity contribution in [1.29, 1.82) is 0 Å². The van der Waals surface area contributed by atoms with Crippen LogP contribution in [-0.2, 0) is 12.8 Å². The van der Waals surface area contributed by atoms with Crippen LogP contribution >= 0.6 is 0 Å². The third kappa shape index (κ3) is 2.81. The van der Waals surface area contributed by atoms with Crippen molar-refractivity contribution in [2.24, 2.45) is 0 Å². The number of nitrogens with zero attached hydrogens (tertiary/aromatic N) is 1. The molecule has 1 aromatic carbocycles. The number of aryl methyl sites for hydroxylation is 2. The van der Waals surface area contributed by atoms with Crippen LogP contribution in [-0.4, -0.2) is 10.2 Å². The minimum absolute atomic E-state index is 0.102. The highest BCUT2D eigenvalue weighted by Gasteiger charge is 2.02. The van der Waals surface area contributed by atoms with Gasteiger partial charge >= 0.3 is 0 Å². The lowest BCUT2D eigenvalue weighted by Gasteiger charge is -2.03. The number of hydrogen-bond acceptors (Lipinski definition) is 2. The van der Waals surface area contributed by atoms with Crippen LogP contribution < -0.4 is 5.56 Å². The molecule has 3 heteroatoms. The van der Waals surface area contributed by atoms with Crippen molar-refractivity contribution in [1.82, 2.24) is 10.2 Å². The van der Waals surface area contributed by atoms with Gasteiger partial charge in [0.05, 0.1) is 5.69 Å². The Hall–Kier alpha value is -1.90. The Morgan fingerprint density at radius 2 is 1.82 bits per heavy atom. The summed E-state index contributed by atoms with van der Waals surface area (Å²) in [5.41, 5.74) is 3.97. The highest BCUT2D eigenvalue weighted by molar-refractivity contribution is 5.27. The third-order valence-corrected chi connectivity index (χ3v) is 2.83. The van der Waals surface area contributed by atoms with Gasteiger partial charge in [0.25, 0.3) is 5.56 Å². The predicted octanol–water partition coefficient (Wildman–Crippen LogP) is 2.23. The van der Waals surface area contributed by atoms with E-state index in [1.54, 1.807) is 0 Å². The molecule has 0 radical (unpaired) electrons. The summed E-state index contributed by atoms with van der Waals surface area (Å²) in [6.45, 7) is 4.01. The molecule has 0 saturated carbocycles. The van der Waals surface area contributed by atoms with Gasteiger partial charge in [0.1, 0.15) is 0 Å². The number of rotatable bonds is 3. The minimum Gasteiger partial charge on any atom is -0.268 e. The van der Waals surface area contributed by atoms with Crippen LogP contribution in [0.1, 0.15) is 29.3 Å². The number of H-pyrrole nitrogens is 1. The number of nitrogens with one attached hydrogen (secondary N) is 1. The van der Waals surface area contributed by atoms with Crippen LogP contribution in [0.25, 0.3) is 0 Å². The maximum absolute atomic E-state index is 11.6. The molecule has 3 nitrogen and oxygen atoms in total. The Labute approximate surface area is 101 Å². The average Bonchev–Trinajstić information content (AvgIpc) is 2.35. The number of aromatic amines is 1. The first-order valence-corrected chi connectivity index (χ1v) is 5.82. The van der Waals surface area contributed by atoms with Crippen LogP contribution in [0.3, 0.4) is 0 Å². The van der Waals surface area contributed by atoms with Crippen LogP contribution in [0, 0.1) is 6.92 Å². The van der Waals surface area contributed by atoms with Crippen molar-refractivity contribution in [3.05, 3.63) is 63.1 Å². The van der Waals surface area contributed by atoms with Gasteiger partial charge in [0.15, 0.2) is 0 Å². The minimum atomic E-state index is -0.102. The van der Waals surface area contributed by atoms with E-state index in [9.17, 15) is 4.79 Å². The summed E-state index contributed by atoms with van der Waals surface area (Å²) in [6.07, 6.45) is 1.69. The molecular formula is C14H16N2O. The first-order valence-electron chi connectivity index (χ1n) is 5.82. The van der Waals surface area contributed by atoms with Gasteiger partial charge in [-0.15, -0.1) is 0 Å². The second-order valence-corrected chi connectivity index (χ2v) is 4.21. The lowest BCUT2D eigenvalue weighted by Crippen LogP contribution is -2.15. The second-order valence-electron chi connectivity index (χ2n) is 4.21. The molecule has 2 rings (SSSR count). The lowest BCUT2D eigenvalue weighted by atomic mass is 10.0. The standard InChI is InChI=1S/C14H16N2O/c1-3-11-4-6-12(7-5-11)9-13-8-10(2)15-16-14(13)17/h4-8H,3,9H2,1-2H3,(H,16,17). The summed E-state index contributed by atoms with van der Waals surface area (Å²) in [4.78, 5) is 11.6. The van der Waals surface area contributed by atoms with Crippen LogP contribution in [0.5, 0.6) is 0 Å².